The Kier molecular flexibility index (Phi) is 10.9. The van der Waals surface area contributed by atoms with Gasteiger partial charge in [0.05, 0.1) is 10.6 Å². The largest absolute Gasteiger partial charge is 0.352 e. The van der Waals surface area contributed by atoms with Crippen LogP contribution in [0.4, 0.5) is 5.69 Å². The summed E-state index contributed by atoms with van der Waals surface area (Å²) < 4.78 is 29.0. The summed E-state index contributed by atoms with van der Waals surface area (Å²) in [5, 5.41) is 4.04. The minimum atomic E-state index is -4.16. The summed E-state index contributed by atoms with van der Waals surface area (Å²) >= 11 is 12.3. The first-order valence-electron chi connectivity index (χ1n) is 14.3. The van der Waals surface area contributed by atoms with Gasteiger partial charge in [-0.3, -0.25) is 13.9 Å². The van der Waals surface area contributed by atoms with E-state index in [4.69, 9.17) is 23.2 Å². The third-order valence-electron chi connectivity index (χ3n) is 7.59. The van der Waals surface area contributed by atoms with E-state index in [1.807, 2.05) is 13.8 Å². The number of amides is 2. The van der Waals surface area contributed by atoms with Crippen LogP contribution < -0.4 is 9.62 Å². The average molecular weight is 631 g/mol. The molecule has 3 aromatic carbocycles. The average Bonchev–Trinajstić information content (AvgIpc) is 2.97. The van der Waals surface area contributed by atoms with E-state index in [1.54, 1.807) is 54.6 Å². The maximum Gasteiger partial charge on any atom is 0.264 e. The van der Waals surface area contributed by atoms with Crippen molar-refractivity contribution >= 4 is 50.7 Å². The number of carbonyl (C=O) groups excluding carboxylic acids is 2. The van der Waals surface area contributed by atoms with Crippen LogP contribution in [0.3, 0.4) is 0 Å². The van der Waals surface area contributed by atoms with Gasteiger partial charge in [0.15, 0.2) is 0 Å². The number of sulfonamides is 1. The second-order valence-corrected chi connectivity index (χ2v) is 13.5. The maximum atomic E-state index is 14.2. The summed E-state index contributed by atoms with van der Waals surface area (Å²) in [5.74, 6) is -0.742. The highest BCUT2D eigenvalue weighted by Gasteiger charge is 2.34. The summed E-state index contributed by atoms with van der Waals surface area (Å²) in [7, 11) is -4.16. The minimum Gasteiger partial charge on any atom is -0.352 e. The van der Waals surface area contributed by atoms with Gasteiger partial charge in [-0.05, 0) is 74.2 Å². The van der Waals surface area contributed by atoms with Gasteiger partial charge in [0, 0.05) is 22.6 Å². The van der Waals surface area contributed by atoms with Crippen LogP contribution in [-0.4, -0.2) is 43.8 Å². The van der Waals surface area contributed by atoms with Crippen LogP contribution in [0.2, 0.25) is 10.0 Å². The Balaban J connectivity index is 1.70. The maximum absolute atomic E-state index is 14.2. The summed E-state index contributed by atoms with van der Waals surface area (Å²) in [5.41, 5.74) is 1.93. The molecule has 1 saturated carbocycles. The van der Waals surface area contributed by atoms with E-state index in [2.05, 4.69) is 5.32 Å². The lowest BCUT2D eigenvalue weighted by Gasteiger charge is -2.34. The molecule has 0 radical (unpaired) electrons. The third-order valence-corrected chi connectivity index (χ3v) is 9.86. The highest BCUT2D eigenvalue weighted by atomic mass is 35.5. The standard InChI is InChI=1S/C32H37Cl2N3O4S/c1-3-30(32(39)35-27-9-5-4-6-10-27)36(21-24-14-16-25(33)17-15-24)31(38)22-37(28-11-7-8-26(34)20-28)42(40,41)29-18-12-23(2)13-19-29/h7-8,11-20,27,30H,3-6,9-10,21-22H2,1-2H3,(H,35,39). The third kappa shape index (κ3) is 8.06. The van der Waals surface area contributed by atoms with Crippen LogP contribution in [0.25, 0.3) is 0 Å². The molecule has 2 amide bonds. The molecule has 0 saturated heterocycles. The quantitative estimate of drug-likeness (QED) is 0.254. The molecule has 0 aromatic heterocycles. The fraction of sp³-hybridized carbons (Fsp3) is 0.375. The van der Waals surface area contributed by atoms with E-state index >= 15 is 0 Å². The van der Waals surface area contributed by atoms with Crippen LogP contribution in [0.15, 0.2) is 77.7 Å². The molecular formula is C32H37Cl2N3O4S. The van der Waals surface area contributed by atoms with Crippen LogP contribution in [0, 0.1) is 6.92 Å². The van der Waals surface area contributed by atoms with Crippen molar-refractivity contribution in [2.45, 2.75) is 75.9 Å². The number of rotatable bonds is 11. The smallest absolute Gasteiger partial charge is 0.264 e. The molecule has 1 fully saturated rings. The van der Waals surface area contributed by atoms with Gasteiger partial charge in [-0.25, -0.2) is 8.42 Å². The first kappa shape index (κ1) is 31.9. The minimum absolute atomic E-state index is 0.0483. The Morgan fingerprint density at radius 3 is 2.21 bits per heavy atom. The Labute approximate surface area is 258 Å². The van der Waals surface area contributed by atoms with E-state index in [-0.39, 0.29) is 29.1 Å². The van der Waals surface area contributed by atoms with E-state index in [0.717, 1.165) is 47.5 Å². The fourth-order valence-corrected chi connectivity index (χ4v) is 6.96. The first-order chi connectivity index (χ1) is 20.1. The Bertz CT molecular complexity index is 1470. The first-order valence-corrected chi connectivity index (χ1v) is 16.5. The van der Waals surface area contributed by atoms with Crippen LogP contribution >= 0.6 is 23.2 Å². The zero-order chi connectivity index (χ0) is 30.3. The highest BCUT2D eigenvalue weighted by molar-refractivity contribution is 7.92. The van der Waals surface area contributed by atoms with Gasteiger partial charge in [0.1, 0.15) is 12.6 Å². The van der Waals surface area contributed by atoms with Gasteiger partial charge >= 0.3 is 0 Å². The van der Waals surface area contributed by atoms with Gasteiger partial charge in [0.2, 0.25) is 11.8 Å². The Morgan fingerprint density at radius 1 is 0.929 bits per heavy atom. The zero-order valence-electron chi connectivity index (χ0n) is 23.9. The molecule has 1 unspecified atom stereocenters. The molecule has 0 bridgehead atoms. The number of halogens is 2. The van der Waals surface area contributed by atoms with Crippen molar-refractivity contribution in [2.24, 2.45) is 0 Å². The molecule has 42 heavy (non-hydrogen) atoms. The Hall–Kier alpha value is -3.07. The number of nitrogens with zero attached hydrogens (tertiary/aromatic N) is 2. The van der Waals surface area contributed by atoms with E-state index in [9.17, 15) is 18.0 Å². The van der Waals surface area contributed by atoms with E-state index in [1.165, 1.54) is 23.1 Å². The van der Waals surface area contributed by atoms with Gasteiger partial charge in [-0.1, -0.05) is 85.3 Å². The van der Waals surface area contributed by atoms with Crippen molar-refractivity contribution in [3.05, 3.63) is 94.0 Å². The molecule has 1 aliphatic carbocycles. The zero-order valence-corrected chi connectivity index (χ0v) is 26.3. The number of hydrogen-bond acceptors (Lipinski definition) is 4. The van der Waals surface area contributed by atoms with Crippen molar-refractivity contribution in [1.29, 1.82) is 0 Å². The molecule has 224 valence electrons. The molecule has 1 N–H and O–H groups in total. The lowest BCUT2D eigenvalue weighted by molar-refractivity contribution is -0.140. The van der Waals surface area contributed by atoms with Crippen molar-refractivity contribution < 1.29 is 18.0 Å². The predicted molar refractivity (Wildman–Crippen MR) is 168 cm³/mol. The second kappa shape index (κ2) is 14.4. The van der Waals surface area contributed by atoms with Gasteiger partial charge < -0.3 is 10.2 Å². The molecule has 3 aromatic rings. The van der Waals surface area contributed by atoms with Gasteiger partial charge in [0.25, 0.3) is 10.0 Å². The number of benzene rings is 3. The molecule has 4 rings (SSSR count). The number of hydrogen-bond donors (Lipinski definition) is 1. The number of aryl methyl sites for hydroxylation is 1. The van der Waals surface area contributed by atoms with Crippen molar-refractivity contribution in [3.63, 3.8) is 0 Å². The van der Waals surface area contributed by atoms with Crippen LogP contribution in [0.5, 0.6) is 0 Å². The fourth-order valence-electron chi connectivity index (χ4n) is 5.25. The lowest BCUT2D eigenvalue weighted by atomic mass is 9.95. The van der Waals surface area contributed by atoms with Gasteiger partial charge in [-0.2, -0.15) is 0 Å². The molecule has 10 heteroatoms. The van der Waals surface area contributed by atoms with Crippen LogP contribution in [0.1, 0.15) is 56.6 Å². The second-order valence-electron chi connectivity index (χ2n) is 10.7. The molecule has 1 aliphatic rings. The topological polar surface area (TPSA) is 86.8 Å². The Morgan fingerprint density at radius 2 is 1.60 bits per heavy atom. The SMILES string of the molecule is CCC(C(=O)NC1CCCCC1)N(Cc1ccc(Cl)cc1)C(=O)CN(c1cccc(Cl)c1)S(=O)(=O)c1ccc(C)cc1. The number of nitrogens with one attached hydrogen (secondary N) is 1. The normalized spacial score (nSPS) is 14.7. The molecule has 1 atom stereocenters. The predicted octanol–water partition coefficient (Wildman–Crippen LogP) is 6.75. The molecular weight excluding hydrogens is 593 g/mol. The van der Waals surface area contributed by atoms with Crippen molar-refractivity contribution in [2.75, 3.05) is 10.8 Å². The highest BCUT2D eigenvalue weighted by Crippen LogP contribution is 2.27. The summed E-state index contributed by atoms with van der Waals surface area (Å²) in [6.07, 6.45) is 5.44. The van der Waals surface area contributed by atoms with Gasteiger partial charge in [-0.15, -0.1) is 0 Å². The number of anilines is 1. The molecule has 7 nitrogen and oxygen atoms in total. The summed E-state index contributed by atoms with van der Waals surface area (Å²) in [6.45, 7) is 3.31. The lowest BCUT2D eigenvalue weighted by Crippen LogP contribution is -2.54. The summed E-state index contributed by atoms with van der Waals surface area (Å²) in [4.78, 5) is 29.3. The van der Waals surface area contributed by atoms with E-state index in [0.29, 0.717) is 16.5 Å². The van der Waals surface area contributed by atoms with Crippen LogP contribution in [-0.2, 0) is 26.2 Å². The monoisotopic (exact) mass is 629 g/mol. The molecule has 0 spiro atoms. The summed E-state index contributed by atoms with van der Waals surface area (Å²) in [6, 6.07) is 19.2. The van der Waals surface area contributed by atoms with E-state index < -0.39 is 28.5 Å². The molecule has 0 aliphatic heterocycles. The van der Waals surface area contributed by atoms with Crippen molar-refractivity contribution in [1.82, 2.24) is 10.2 Å². The van der Waals surface area contributed by atoms with Crippen molar-refractivity contribution in [3.8, 4) is 0 Å². The molecule has 0 heterocycles. The number of carbonyl (C=O) groups is 2.